The molecule has 0 fully saturated rings. The first-order valence-electron chi connectivity index (χ1n) is 5.79. The number of hydrogen-bond donors (Lipinski definition) is 1. The van der Waals surface area contributed by atoms with Crippen LogP contribution in [-0.2, 0) is 6.54 Å². The molecule has 7 heteroatoms. The number of nitrogens with zero attached hydrogens (tertiary/aromatic N) is 4. The summed E-state index contributed by atoms with van der Waals surface area (Å²) in [6.07, 6.45) is 2.49. The molecule has 2 heterocycles. The SMILES string of the molecule is CCCn1ncnc1C(C)NC(=O)c1cscn1. The Bertz CT molecular complexity index is 507. The smallest absolute Gasteiger partial charge is 0.271 e. The molecule has 0 saturated heterocycles. The Morgan fingerprint density at radius 3 is 3.06 bits per heavy atom. The molecule has 2 aromatic rings. The molecule has 1 atom stereocenters. The van der Waals surface area contributed by atoms with Crippen molar-refractivity contribution < 1.29 is 4.79 Å². The van der Waals surface area contributed by atoms with Gasteiger partial charge in [0.2, 0.25) is 0 Å². The standard InChI is InChI=1S/C11H15N5OS/c1-3-4-16-10(12-6-14-16)8(2)15-11(17)9-5-18-7-13-9/h5-8H,3-4H2,1-2H3,(H,15,17). The zero-order valence-corrected chi connectivity index (χ0v) is 11.1. The largest absolute Gasteiger partial charge is 0.341 e. The van der Waals surface area contributed by atoms with Crippen LogP contribution in [0.3, 0.4) is 0 Å². The summed E-state index contributed by atoms with van der Waals surface area (Å²) >= 11 is 1.40. The molecular formula is C11H15N5OS. The number of aryl methyl sites for hydroxylation is 1. The minimum Gasteiger partial charge on any atom is -0.341 e. The van der Waals surface area contributed by atoms with Crippen LogP contribution in [0.2, 0.25) is 0 Å². The molecule has 0 aliphatic carbocycles. The first-order chi connectivity index (χ1) is 8.72. The molecule has 1 unspecified atom stereocenters. The Labute approximate surface area is 109 Å². The second kappa shape index (κ2) is 5.72. The van der Waals surface area contributed by atoms with Crippen molar-refractivity contribution in [3.05, 3.63) is 28.7 Å². The first kappa shape index (κ1) is 12.7. The number of aromatic nitrogens is 4. The molecule has 0 aliphatic heterocycles. The van der Waals surface area contributed by atoms with Crippen molar-refractivity contribution in [3.63, 3.8) is 0 Å². The Balaban J connectivity index is 2.05. The van der Waals surface area contributed by atoms with E-state index in [0.29, 0.717) is 5.69 Å². The Morgan fingerprint density at radius 1 is 1.56 bits per heavy atom. The van der Waals surface area contributed by atoms with Crippen LogP contribution in [0.5, 0.6) is 0 Å². The van der Waals surface area contributed by atoms with Gasteiger partial charge in [0, 0.05) is 11.9 Å². The fourth-order valence-electron chi connectivity index (χ4n) is 1.65. The molecule has 2 aromatic heterocycles. The quantitative estimate of drug-likeness (QED) is 0.892. The van der Waals surface area contributed by atoms with Gasteiger partial charge in [0.1, 0.15) is 17.8 Å². The molecule has 1 N–H and O–H groups in total. The molecule has 0 aliphatic rings. The number of rotatable bonds is 5. The van der Waals surface area contributed by atoms with Crippen LogP contribution in [0.15, 0.2) is 17.2 Å². The summed E-state index contributed by atoms with van der Waals surface area (Å²) in [4.78, 5) is 20.0. The van der Waals surface area contributed by atoms with Crippen molar-refractivity contribution in [1.29, 1.82) is 0 Å². The monoisotopic (exact) mass is 265 g/mol. The summed E-state index contributed by atoms with van der Waals surface area (Å²) in [7, 11) is 0. The molecule has 6 nitrogen and oxygen atoms in total. The van der Waals surface area contributed by atoms with Gasteiger partial charge in [-0.2, -0.15) is 5.10 Å². The van der Waals surface area contributed by atoms with Crippen LogP contribution in [-0.4, -0.2) is 25.7 Å². The highest BCUT2D eigenvalue weighted by atomic mass is 32.1. The predicted octanol–water partition coefficient (Wildman–Crippen LogP) is 1.64. The van der Waals surface area contributed by atoms with E-state index in [4.69, 9.17) is 0 Å². The highest BCUT2D eigenvalue weighted by Crippen LogP contribution is 2.10. The zero-order valence-electron chi connectivity index (χ0n) is 10.3. The fourth-order valence-corrected chi connectivity index (χ4v) is 2.18. The van der Waals surface area contributed by atoms with Crippen molar-refractivity contribution in [2.75, 3.05) is 0 Å². The lowest BCUT2D eigenvalue weighted by molar-refractivity contribution is 0.0933. The van der Waals surface area contributed by atoms with Gasteiger partial charge in [0.25, 0.3) is 5.91 Å². The van der Waals surface area contributed by atoms with Crippen LogP contribution >= 0.6 is 11.3 Å². The van der Waals surface area contributed by atoms with E-state index in [1.165, 1.54) is 17.7 Å². The van der Waals surface area contributed by atoms with Gasteiger partial charge in [0.05, 0.1) is 11.6 Å². The van der Waals surface area contributed by atoms with Crippen molar-refractivity contribution >= 4 is 17.2 Å². The number of carbonyl (C=O) groups is 1. The summed E-state index contributed by atoms with van der Waals surface area (Å²) in [6, 6.07) is -0.187. The maximum atomic E-state index is 11.9. The number of hydrogen-bond acceptors (Lipinski definition) is 5. The number of thiazole rings is 1. The van der Waals surface area contributed by atoms with Crippen LogP contribution in [0.4, 0.5) is 0 Å². The third-order valence-corrected chi connectivity index (χ3v) is 3.07. The zero-order chi connectivity index (χ0) is 13.0. The summed E-state index contributed by atoms with van der Waals surface area (Å²) in [5.41, 5.74) is 2.08. The van der Waals surface area contributed by atoms with E-state index in [9.17, 15) is 4.79 Å². The van der Waals surface area contributed by atoms with Crippen LogP contribution < -0.4 is 5.32 Å². The van der Waals surface area contributed by atoms with Gasteiger partial charge in [-0.25, -0.2) is 14.6 Å². The number of carbonyl (C=O) groups excluding carboxylic acids is 1. The summed E-state index contributed by atoms with van der Waals surface area (Å²) in [5, 5.41) is 8.72. The lowest BCUT2D eigenvalue weighted by atomic mass is 10.3. The van der Waals surface area contributed by atoms with Gasteiger partial charge in [-0.3, -0.25) is 4.79 Å². The first-order valence-corrected chi connectivity index (χ1v) is 6.73. The Hall–Kier alpha value is -1.76. The third-order valence-electron chi connectivity index (χ3n) is 2.48. The molecule has 0 saturated carbocycles. The molecule has 0 spiro atoms. The van der Waals surface area contributed by atoms with Crippen LogP contribution in [0, 0.1) is 0 Å². The van der Waals surface area contributed by atoms with Gasteiger partial charge in [-0.05, 0) is 13.3 Å². The van der Waals surface area contributed by atoms with Crippen LogP contribution in [0.1, 0.15) is 42.6 Å². The summed E-state index contributed by atoms with van der Waals surface area (Å²) < 4.78 is 1.81. The highest BCUT2D eigenvalue weighted by molar-refractivity contribution is 7.07. The molecule has 96 valence electrons. The Kier molecular flexibility index (Phi) is 4.03. The van der Waals surface area contributed by atoms with Gasteiger partial charge in [-0.1, -0.05) is 6.92 Å². The second-order valence-electron chi connectivity index (χ2n) is 3.91. The van der Waals surface area contributed by atoms with Crippen LogP contribution in [0.25, 0.3) is 0 Å². The van der Waals surface area contributed by atoms with E-state index in [1.54, 1.807) is 10.9 Å². The van der Waals surface area contributed by atoms with Crippen molar-refractivity contribution in [2.45, 2.75) is 32.9 Å². The van der Waals surface area contributed by atoms with Crippen molar-refractivity contribution in [1.82, 2.24) is 25.1 Å². The van der Waals surface area contributed by atoms with E-state index in [2.05, 4.69) is 27.3 Å². The number of amides is 1. The van der Waals surface area contributed by atoms with Crippen molar-refractivity contribution in [3.8, 4) is 0 Å². The lowest BCUT2D eigenvalue weighted by Gasteiger charge is -2.13. The molecule has 2 rings (SSSR count). The van der Waals surface area contributed by atoms with E-state index in [-0.39, 0.29) is 11.9 Å². The predicted molar refractivity (Wildman–Crippen MR) is 68.3 cm³/mol. The molecule has 0 aromatic carbocycles. The number of nitrogens with one attached hydrogen (secondary N) is 1. The van der Waals surface area contributed by atoms with Gasteiger partial charge in [-0.15, -0.1) is 11.3 Å². The fraction of sp³-hybridized carbons (Fsp3) is 0.455. The second-order valence-corrected chi connectivity index (χ2v) is 4.63. The van der Waals surface area contributed by atoms with Gasteiger partial charge in [0.15, 0.2) is 0 Å². The molecule has 0 radical (unpaired) electrons. The molecule has 1 amide bonds. The van der Waals surface area contributed by atoms with Gasteiger partial charge < -0.3 is 5.32 Å². The average molecular weight is 265 g/mol. The topological polar surface area (TPSA) is 72.7 Å². The van der Waals surface area contributed by atoms with E-state index in [1.807, 2.05) is 11.6 Å². The molecular weight excluding hydrogens is 250 g/mol. The normalized spacial score (nSPS) is 12.3. The maximum absolute atomic E-state index is 11.9. The minimum atomic E-state index is -0.187. The van der Waals surface area contributed by atoms with Gasteiger partial charge >= 0.3 is 0 Å². The van der Waals surface area contributed by atoms with E-state index < -0.39 is 0 Å². The highest BCUT2D eigenvalue weighted by Gasteiger charge is 2.17. The summed E-state index contributed by atoms with van der Waals surface area (Å²) in [6.45, 7) is 4.76. The summed E-state index contributed by atoms with van der Waals surface area (Å²) in [5.74, 6) is 0.579. The van der Waals surface area contributed by atoms with Crippen molar-refractivity contribution in [2.24, 2.45) is 0 Å². The maximum Gasteiger partial charge on any atom is 0.271 e. The third kappa shape index (κ3) is 2.73. The lowest BCUT2D eigenvalue weighted by Crippen LogP contribution is -2.29. The van der Waals surface area contributed by atoms with E-state index in [0.717, 1.165) is 18.8 Å². The molecule has 0 bridgehead atoms. The minimum absolute atomic E-state index is 0.185. The molecule has 18 heavy (non-hydrogen) atoms. The van der Waals surface area contributed by atoms with E-state index >= 15 is 0 Å². The average Bonchev–Trinajstić information content (AvgIpc) is 3.00. The Morgan fingerprint density at radius 2 is 2.39 bits per heavy atom.